The molecule has 104 valence electrons. The summed E-state index contributed by atoms with van der Waals surface area (Å²) in [4.78, 5) is 5.63. The van der Waals surface area contributed by atoms with Crippen molar-refractivity contribution in [2.75, 3.05) is 25.4 Å². The zero-order valence-corrected chi connectivity index (χ0v) is 12.8. The maximum atomic E-state index is 2.88. The molecule has 2 nitrogen and oxygen atoms in total. The molecule has 3 rings (SSSR count). The summed E-state index contributed by atoms with van der Waals surface area (Å²) in [5.41, 5.74) is 0. The minimum Gasteiger partial charge on any atom is -0.298 e. The van der Waals surface area contributed by atoms with E-state index in [1.54, 1.807) is 0 Å². The van der Waals surface area contributed by atoms with Crippen LogP contribution in [0.15, 0.2) is 0 Å². The first-order valence-corrected chi connectivity index (χ1v) is 8.96. The highest BCUT2D eigenvalue weighted by atomic mass is 32.2. The van der Waals surface area contributed by atoms with Crippen molar-refractivity contribution in [3.63, 3.8) is 0 Å². The quantitative estimate of drug-likeness (QED) is 0.777. The molecule has 2 heterocycles. The van der Waals surface area contributed by atoms with Crippen LogP contribution in [-0.4, -0.2) is 58.6 Å². The lowest BCUT2D eigenvalue weighted by atomic mass is 10.0. The number of hydrogen-bond acceptors (Lipinski definition) is 3. The third-order valence-electron chi connectivity index (χ3n) is 5.21. The minimum absolute atomic E-state index is 0.780. The molecule has 4 atom stereocenters. The zero-order chi connectivity index (χ0) is 12.5. The van der Waals surface area contributed by atoms with Crippen LogP contribution in [0.1, 0.15) is 46.0 Å². The summed E-state index contributed by atoms with van der Waals surface area (Å²) in [6.45, 7) is 8.82. The maximum Gasteiger partial charge on any atom is 0.0224 e. The highest BCUT2D eigenvalue weighted by molar-refractivity contribution is 7.99. The first kappa shape index (κ1) is 13.3. The lowest BCUT2D eigenvalue weighted by molar-refractivity contribution is 0.0312. The van der Waals surface area contributed by atoms with Gasteiger partial charge in [-0.05, 0) is 44.9 Å². The van der Waals surface area contributed by atoms with Gasteiger partial charge in [-0.2, -0.15) is 11.8 Å². The number of piperazine rings is 1. The van der Waals surface area contributed by atoms with E-state index < -0.39 is 0 Å². The fourth-order valence-corrected chi connectivity index (χ4v) is 5.64. The zero-order valence-electron chi connectivity index (χ0n) is 12.0. The molecule has 0 N–H and O–H groups in total. The highest BCUT2D eigenvalue weighted by Crippen LogP contribution is 2.36. The predicted molar refractivity (Wildman–Crippen MR) is 80.3 cm³/mol. The molecule has 3 heteroatoms. The van der Waals surface area contributed by atoms with E-state index in [9.17, 15) is 0 Å². The fourth-order valence-electron chi connectivity index (χ4n) is 4.37. The highest BCUT2D eigenvalue weighted by Gasteiger charge is 2.41. The number of hydrogen-bond donors (Lipinski definition) is 0. The second-order valence-electron chi connectivity index (χ2n) is 6.33. The Morgan fingerprint density at radius 2 is 2.00 bits per heavy atom. The summed E-state index contributed by atoms with van der Waals surface area (Å²) in [5, 5.41) is 0.922. The first-order chi connectivity index (χ1) is 8.79. The van der Waals surface area contributed by atoms with Gasteiger partial charge in [-0.3, -0.25) is 9.80 Å². The molecule has 1 saturated carbocycles. The van der Waals surface area contributed by atoms with Gasteiger partial charge in [0.05, 0.1) is 0 Å². The van der Waals surface area contributed by atoms with Crippen LogP contribution in [0.3, 0.4) is 0 Å². The van der Waals surface area contributed by atoms with Crippen molar-refractivity contribution >= 4 is 11.8 Å². The molecule has 0 aromatic carbocycles. The van der Waals surface area contributed by atoms with Gasteiger partial charge in [0.15, 0.2) is 0 Å². The van der Waals surface area contributed by atoms with Crippen molar-refractivity contribution in [3.05, 3.63) is 0 Å². The second-order valence-corrected chi connectivity index (χ2v) is 7.85. The number of fused-ring (bicyclic) bond motifs is 1. The van der Waals surface area contributed by atoms with Crippen LogP contribution in [0, 0.1) is 0 Å². The van der Waals surface area contributed by atoms with E-state index in [1.807, 2.05) is 0 Å². The molecule has 3 aliphatic rings. The Hall–Kier alpha value is 0.270. The van der Waals surface area contributed by atoms with Crippen LogP contribution >= 0.6 is 11.8 Å². The molecular formula is C15H28N2S. The smallest absolute Gasteiger partial charge is 0.0224 e. The number of thioether (sulfide) groups is 1. The largest absolute Gasteiger partial charge is 0.298 e. The van der Waals surface area contributed by atoms with Crippen LogP contribution in [0.25, 0.3) is 0 Å². The molecule has 4 unspecified atom stereocenters. The van der Waals surface area contributed by atoms with Gasteiger partial charge in [0.1, 0.15) is 0 Å². The van der Waals surface area contributed by atoms with Crippen molar-refractivity contribution in [2.45, 2.75) is 69.3 Å². The lowest BCUT2D eigenvalue weighted by Crippen LogP contribution is -2.59. The van der Waals surface area contributed by atoms with E-state index in [0.29, 0.717) is 0 Å². The fraction of sp³-hybridized carbons (Fsp3) is 1.00. The Morgan fingerprint density at radius 3 is 2.83 bits per heavy atom. The van der Waals surface area contributed by atoms with Crippen LogP contribution in [0.5, 0.6) is 0 Å². The van der Waals surface area contributed by atoms with E-state index in [4.69, 9.17) is 0 Å². The van der Waals surface area contributed by atoms with Crippen molar-refractivity contribution in [2.24, 2.45) is 0 Å². The van der Waals surface area contributed by atoms with E-state index in [-0.39, 0.29) is 0 Å². The minimum atomic E-state index is 0.780. The van der Waals surface area contributed by atoms with Gasteiger partial charge in [-0.15, -0.1) is 0 Å². The molecule has 3 fully saturated rings. The molecule has 2 saturated heterocycles. The Balaban J connectivity index is 1.67. The molecule has 18 heavy (non-hydrogen) atoms. The Bertz CT molecular complexity index is 284. The van der Waals surface area contributed by atoms with Gasteiger partial charge in [-0.1, -0.05) is 13.3 Å². The molecule has 0 spiro atoms. The molecule has 0 bridgehead atoms. The summed E-state index contributed by atoms with van der Waals surface area (Å²) in [6, 6.07) is 2.55. The standard InChI is InChI=1S/C15H28N2S/c1-3-18-15-8-4-7-14(15)17-11-13-6-5-9-16(13)10-12(17)2/h12-15H,3-11H2,1-2H3. The summed E-state index contributed by atoms with van der Waals surface area (Å²) in [7, 11) is 0. The van der Waals surface area contributed by atoms with Gasteiger partial charge < -0.3 is 0 Å². The lowest BCUT2D eigenvalue weighted by Gasteiger charge is -2.46. The maximum absolute atomic E-state index is 2.88. The SMILES string of the molecule is CCSC1CCCC1N1CC2CCCN2CC1C. The summed E-state index contributed by atoms with van der Waals surface area (Å²) < 4.78 is 0. The normalized spacial score (nSPS) is 42.3. The molecule has 0 amide bonds. The van der Waals surface area contributed by atoms with E-state index in [0.717, 1.165) is 23.4 Å². The van der Waals surface area contributed by atoms with E-state index in [1.165, 1.54) is 57.5 Å². The van der Waals surface area contributed by atoms with Gasteiger partial charge >= 0.3 is 0 Å². The van der Waals surface area contributed by atoms with E-state index >= 15 is 0 Å². The van der Waals surface area contributed by atoms with Gasteiger partial charge in [0.25, 0.3) is 0 Å². The molecule has 0 radical (unpaired) electrons. The molecule has 0 aromatic heterocycles. The Labute approximate surface area is 116 Å². The van der Waals surface area contributed by atoms with Crippen molar-refractivity contribution in [1.29, 1.82) is 0 Å². The van der Waals surface area contributed by atoms with Crippen LogP contribution < -0.4 is 0 Å². The van der Waals surface area contributed by atoms with Crippen molar-refractivity contribution in [3.8, 4) is 0 Å². The number of nitrogens with zero attached hydrogens (tertiary/aromatic N) is 2. The molecular weight excluding hydrogens is 240 g/mol. The molecule has 1 aliphatic carbocycles. The molecule has 2 aliphatic heterocycles. The van der Waals surface area contributed by atoms with Crippen molar-refractivity contribution < 1.29 is 0 Å². The van der Waals surface area contributed by atoms with Gasteiger partial charge in [0.2, 0.25) is 0 Å². The average molecular weight is 268 g/mol. The monoisotopic (exact) mass is 268 g/mol. The Kier molecular flexibility index (Phi) is 4.21. The first-order valence-electron chi connectivity index (χ1n) is 7.91. The average Bonchev–Trinajstić information content (AvgIpc) is 2.96. The number of rotatable bonds is 3. The summed E-state index contributed by atoms with van der Waals surface area (Å²) in [6.07, 6.45) is 7.25. The third kappa shape index (κ3) is 2.46. The molecule has 0 aromatic rings. The van der Waals surface area contributed by atoms with E-state index in [2.05, 4.69) is 35.4 Å². The van der Waals surface area contributed by atoms with Crippen LogP contribution in [-0.2, 0) is 0 Å². The van der Waals surface area contributed by atoms with Crippen LogP contribution in [0.4, 0.5) is 0 Å². The second kappa shape index (κ2) is 5.72. The van der Waals surface area contributed by atoms with Crippen LogP contribution in [0.2, 0.25) is 0 Å². The summed E-state index contributed by atoms with van der Waals surface area (Å²) in [5.74, 6) is 1.29. The predicted octanol–water partition coefficient (Wildman–Crippen LogP) is 2.83. The van der Waals surface area contributed by atoms with Gasteiger partial charge in [0, 0.05) is 36.5 Å². The Morgan fingerprint density at radius 1 is 1.11 bits per heavy atom. The topological polar surface area (TPSA) is 6.48 Å². The summed E-state index contributed by atoms with van der Waals surface area (Å²) >= 11 is 2.21. The third-order valence-corrected chi connectivity index (χ3v) is 6.52. The van der Waals surface area contributed by atoms with Gasteiger partial charge in [-0.25, -0.2) is 0 Å². The van der Waals surface area contributed by atoms with Crippen molar-refractivity contribution in [1.82, 2.24) is 9.80 Å².